The van der Waals surface area contributed by atoms with Gasteiger partial charge in [0, 0.05) is 37.6 Å². The van der Waals surface area contributed by atoms with Crippen molar-refractivity contribution in [3.63, 3.8) is 0 Å². The van der Waals surface area contributed by atoms with Gasteiger partial charge in [-0.2, -0.15) is 0 Å². The second kappa shape index (κ2) is 5.41. The van der Waals surface area contributed by atoms with E-state index in [0.29, 0.717) is 12.3 Å². The van der Waals surface area contributed by atoms with Crippen molar-refractivity contribution in [2.24, 2.45) is 11.7 Å². The lowest BCUT2D eigenvalue weighted by Gasteiger charge is -2.47. The Morgan fingerprint density at radius 1 is 1.26 bits per heavy atom. The quantitative estimate of drug-likeness (QED) is 0.834. The molecule has 0 bridgehead atoms. The maximum absolute atomic E-state index is 12.1. The van der Waals surface area contributed by atoms with E-state index in [4.69, 9.17) is 5.73 Å². The minimum absolute atomic E-state index is 0.0143. The molecular weight excluding hydrogens is 238 g/mol. The molecule has 3 fully saturated rings. The minimum atomic E-state index is -0.0143. The molecule has 0 aromatic rings. The van der Waals surface area contributed by atoms with Gasteiger partial charge in [-0.15, -0.1) is 0 Å². The summed E-state index contributed by atoms with van der Waals surface area (Å²) in [4.78, 5) is 17.0. The Hall–Kier alpha value is -0.610. The first kappa shape index (κ1) is 13.4. The fraction of sp³-hybridized carbons (Fsp3) is 0.933. The summed E-state index contributed by atoms with van der Waals surface area (Å²) in [7, 11) is 0. The van der Waals surface area contributed by atoms with Crippen LogP contribution in [0.25, 0.3) is 0 Å². The van der Waals surface area contributed by atoms with Crippen LogP contribution in [0.15, 0.2) is 0 Å². The van der Waals surface area contributed by atoms with Gasteiger partial charge < -0.3 is 10.6 Å². The van der Waals surface area contributed by atoms with Crippen LogP contribution in [0.1, 0.15) is 45.4 Å². The zero-order chi connectivity index (χ0) is 13.4. The third kappa shape index (κ3) is 2.95. The van der Waals surface area contributed by atoms with Gasteiger partial charge in [0.15, 0.2) is 0 Å². The van der Waals surface area contributed by atoms with Crippen LogP contribution in [0.3, 0.4) is 0 Å². The molecule has 3 atom stereocenters. The van der Waals surface area contributed by atoms with Crippen LogP contribution in [0.5, 0.6) is 0 Å². The van der Waals surface area contributed by atoms with E-state index in [9.17, 15) is 4.79 Å². The second-order valence-electron chi connectivity index (χ2n) is 6.75. The van der Waals surface area contributed by atoms with Crippen LogP contribution in [-0.2, 0) is 4.79 Å². The highest BCUT2D eigenvalue weighted by Crippen LogP contribution is 2.38. The molecule has 2 saturated heterocycles. The van der Waals surface area contributed by atoms with Crippen molar-refractivity contribution < 1.29 is 4.79 Å². The number of likely N-dealkylation sites (tertiary alicyclic amines) is 2. The lowest BCUT2D eigenvalue weighted by molar-refractivity contribution is -0.135. The van der Waals surface area contributed by atoms with E-state index >= 15 is 0 Å². The summed E-state index contributed by atoms with van der Waals surface area (Å²) >= 11 is 0. The Bertz CT molecular complexity index is 340. The number of hydrogen-bond donors (Lipinski definition) is 1. The topological polar surface area (TPSA) is 49.6 Å². The standard InChI is InChI=1S/C15H27N3O/c1-11(16)9-15(19)17-8-6-14-12(10-17)3-2-7-18(14)13-4-5-13/h11-14H,2-10,16H2,1H3. The van der Waals surface area contributed by atoms with Crippen LogP contribution in [0, 0.1) is 5.92 Å². The lowest BCUT2D eigenvalue weighted by Crippen LogP contribution is -2.56. The molecule has 0 aromatic carbocycles. The molecule has 108 valence electrons. The van der Waals surface area contributed by atoms with Crippen molar-refractivity contribution in [3.05, 3.63) is 0 Å². The fourth-order valence-corrected chi connectivity index (χ4v) is 3.93. The summed E-state index contributed by atoms with van der Waals surface area (Å²) in [6.07, 6.45) is 7.09. The van der Waals surface area contributed by atoms with E-state index in [1.165, 1.54) is 38.6 Å². The number of carbonyl (C=O) groups excluding carboxylic acids is 1. The number of fused-ring (bicyclic) bond motifs is 1. The van der Waals surface area contributed by atoms with Gasteiger partial charge in [0.2, 0.25) is 5.91 Å². The summed E-state index contributed by atoms with van der Waals surface area (Å²) in [5.41, 5.74) is 5.75. The normalized spacial score (nSPS) is 33.9. The number of nitrogens with two attached hydrogens (primary N) is 1. The molecule has 0 aromatic heterocycles. The van der Waals surface area contributed by atoms with Crippen LogP contribution in [0.2, 0.25) is 0 Å². The average molecular weight is 265 g/mol. The molecule has 1 aliphatic carbocycles. The number of carbonyl (C=O) groups is 1. The Morgan fingerprint density at radius 3 is 2.74 bits per heavy atom. The minimum Gasteiger partial charge on any atom is -0.342 e. The van der Waals surface area contributed by atoms with Gasteiger partial charge >= 0.3 is 0 Å². The number of piperidine rings is 2. The highest BCUT2D eigenvalue weighted by Gasteiger charge is 2.42. The highest BCUT2D eigenvalue weighted by atomic mass is 16.2. The molecule has 1 saturated carbocycles. The first-order valence-electron chi connectivity index (χ1n) is 7.94. The van der Waals surface area contributed by atoms with E-state index in [-0.39, 0.29) is 11.9 Å². The van der Waals surface area contributed by atoms with Gasteiger partial charge in [0.1, 0.15) is 0 Å². The third-order valence-electron chi connectivity index (χ3n) is 4.98. The molecule has 0 radical (unpaired) electrons. The molecule has 4 heteroatoms. The molecule has 1 amide bonds. The van der Waals surface area contributed by atoms with Gasteiger partial charge in [-0.1, -0.05) is 0 Å². The summed E-state index contributed by atoms with van der Waals surface area (Å²) in [6.45, 7) is 5.12. The first-order chi connectivity index (χ1) is 9.15. The van der Waals surface area contributed by atoms with Crippen LogP contribution in [-0.4, -0.2) is 53.5 Å². The molecular formula is C15H27N3O. The van der Waals surface area contributed by atoms with Crippen molar-refractivity contribution in [2.45, 2.75) is 63.6 Å². The summed E-state index contributed by atoms with van der Waals surface area (Å²) in [6, 6.07) is 1.61. The lowest BCUT2D eigenvalue weighted by atomic mass is 9.83. The number of nitrogens with zero attached hydrogens (tertiary/aromatic N) is 2. The highest BCUT2D eigenvalue weighted by molar-refractivity contribution is 5.76. The van der Waals surface area contributed by atoms with E-state index in [1.807, 2.05) is 6.92 Å². The fourth-order valence-electron chi connectivity index (χ4n) is 3.93. The van der Waals surface area contributed by atoms with Gasteiger partial charge in [0.25, 0.3) is 0 Å². The van der Waals surface area contributed by atoms with E-state index in [0.717, 1.165) is 25.2 Å². The molecule has 4 nitrogen and oxygen atoms in total. The zero-order valence-electron chi connectivity index (χ0n) is 12.1. The number of rotatable bonds is 3. The molecule has 3 aliphatic rings. The molecule has 0 spiro atoms. The summed E-state index contributed by atoms with van der Waals surface area (Å²) in [5, 5.41) is 0. The van der Waals surface area contributed by atoms with Gasteiger partial charge in [-0.3, -0.25) is 9.69 Å². The van der Waals surface area contributed by atoms with Gasteiger partial charge in [-0.05, 0) is 51.5 Å². The Labute approximate surface area is 116 Å². The van der Waals surface area contributed by atoms with Crippen LogP contribution in [0.4, 0.5) is 0 Å². The smallest absolute Gasteiger partial charge is 0.224 e. The predicted molar refractivity (Wildman–Crippen MR) is 75.7 cm³/mol. The second-order valence-corrected chi connectivity index (χ2v) is 6.75. The predicted octanol–water partition coefficient (Wildman–Crippen LogP) is 1.20. The molecule has 2 heterocycles. The zero-order valence-corrected chi connectivity index (χ0v) is 12.1. The van der Waals surface area contributed by atoms with E-state index in [2.05, 4.69) is 9.80 Å². The van der Waals surface area contributed by atoms with Crippen LogP contribution < -0.4 is 5.73 Å². The maximum atomic E-state index is 12.1. The summed E-state index contributed by atoms with van der Waals surface area (Å²) in [5.74, 6) is 0.970. The molecule has 2 N–H and O–H groups in total. The maximum Gasteiger partial charge on any atom is 0.224 e. The molecule has 3 unspecified atom stereocenters. The first-order valence-corrected chi connectivity index (χ1v) is 7.94. The van der Waals surface area contributed by atoms with Gasteiger partial charge in [0.05, 0.1) is 0 Å². The van der Waals surface area contributed by atoms with Crippen molar-refractivity contribution >= 4 is 5.91 Å². The van der Waals surface area contributed by atoms with Crippen LogP contribution >= 0.6 is 0 Å². The Kier molecular flexibility index (Phi) is 3.81. The molecule has 2 aliphatic heterocycles. The number of hydrogen-bond acceptors (Lipinski definition) is 3. The van der Waals surface area contributed by atoms with E-state index in [1.54, 1.807) is 0 Å². The number of amides is 1. The Morgan fingerprint density at radius 2 is 2.05 bits per heavy atom. The summed E-state index contributed by atoms with van der Waals surface area (Å²) < 4.78 is 0. The third-order valence-corrected chi connectivity index (χ3v) is 4.98. The molecule has 19 heavy (non-hydrogen) atoms. The Balaban J connectivity index is 1.59. The monoisotopic (exact) mass is 265 g/mol. The van der Waals surface area contributed by atoms with Gasteiger partial charge in [-0.25, -0.2) is 0 Å². The van der Waals surface area contributed by atoms with Crippen molar-refractivity contribution in [3.8, 4) is 0 Å². The largest absolute Gasteiger partial charge is 0.342 e. The van der Waals surface area contributed by atoms with E-state index < -0.39 is 0 Å². The SMILES string of the molecule is CC(N)CC(=O)N1CCC2C(CCCN2C2CC2)C1. The molecule has 3 rings (SSSR count). The van der Waals surface area contributed by atoms with Crippen molar-refractivity contribution in [1.29, 1.82) is 0 Å². The average Bonchev–Trinajstić information content (AvgIpc) is 3.20. The van der Waals surface area contributed by atoms with Crippen molar-refractivity contribution in [1.82, 2.24) is 9.80 Å². The van der Waals surface area contributed by atoms with Crippen molar-refractivity contribution in [2.75, 3.05) is 19.6 Å².